The maximum absolute atomic E-state index is 5.56. The van der Waals surface area contributed by atoms with E-state index < -0.39 is 0 Å². The smallest absolute Gasteiger partial charge is 0.183 e. The molecule has 1 atom stereocenters. The van der Waals surface area contributed by atoms with Gasteiger partial charge in [-0.05, 0) is 12.8 Å². The molecule has 0 N–H and O–H groups in total. The number of aliphatic imine (C=N–C) groups is 1. The molecule has 2 nitrogen and oxygen atoms in total. The number of rotatable bonds is 4. The Bertz CT molecular complexity index is 142. The third kappa shape index (κ3) is 2.52. The lowest BCUT2D eigenvalue weighted by atomic mass is 10.2. The zero-order valence-electron chi connectivity index (χ0n) is 7.47. The maximum Gasteiger partial charge on any atom is 0.183 e. The summed E-state index contributed by atoms with van der Waals surface area (Å²) in [7, 11) is 0. The quantitative estimate of drug-likeness (QED) is 0.610. The van der Waals surface area contributed by atoms with Crippen LogP contribution in [0.4, 0.5) is 0 Å². The lowest BCUT2D eigenvalue weighted by Gasteiger charge is -2.07. The predicted octanol–water partition coefficient (Wildman–Crippen LogP) is 2.38. The van der Waals surface area contributed by atoms with Crippen molar-refractivity contribution in [3.05, 3.63) is 0 Å². The molecule has 0 aliphatic carbocycles. The molecular weight excluding hydrogens is 138 g/mol. The molecule has 2 heteroatoms. The van der Waals surface area contributed by atoms with Gasteiger partial charge in [0.15, 0.2) is 5.90 Å². The molecule has 0 radical (unpaired) electrons. The summed E-state index contributed by atoms with van der Waals surface area (Å²) >= 11 is 0. The first kappa shape index (κ1) is 8.57. The Morgan fingerprint density at radius 2 is 2.36 bits per heavy atom. The van der Waals surface area contributed by atoms with Crippen LogP contribution in [0.15, 0.2) is 4.99 Å². The van der Waals surface area contributed by atoms with Crippen molar-refractivity contribution in [2.75, 3.05) is 6.54 Å². The summed E-state index contributed by atoms with van der Waals surface area (Å²) in [5.41, 5.74) is 0. The number of unbranched alkanes of at least 4 members (excludes halogenated alkanes) is 1. The van der Waals surface area contributed by atoms with Gasteiger partial charge in [-0.2, -0.15) is 0 Å². The highest BCUT2D eigenvalue weighted by molar-refractivity contribution is 5.77. The van der Waals surface area contributed by atoms with Crippen molar-refractivity contribution in [3.63, 3.8) is 0 Å². The maximum atomic E-state index is 5.56. The molecule has 0 fully saturated rings. The van der Waals surface area contributed by atoms with E-state index in [1.54, 1.807) is 0 Å². The Kier molecular flexibility index (Phi) is 3.40. The number of nitrogens with zero attached hydrogens (tertiary/aromatic N) is 1. The fourth-order valence-corrected chi connectivity index (χ4v) is 1.15. The van der Waals surface area contributed by atoms with E-state index in [9.17, 15) is 0 Å². The Labute approximate surface area is 68.7 Å². The number of ether oxygens (including phenoxy) is 1. The molecule has 0 aromatic heterocycles. The van der Waals surface area contributed by atoms with E-state index in [0.29, 0.717) is 6.10 Å². The summed E-state index contributed by atoms with van der Waals surface area (Å²) in [4.78, 5) is 4.32. The van der Waals surface area contributed by atoms with Crippen LogP contribution in [0.3, 0.4) is 0 Å². The highest BCUT2D eigenvalue weighted by Crippen LogP contribution is 2.11. The lowest BCUT2D eigenvalue weighted by molar-refractivity contribution is 0.214. The van der Waals surface area contributed by atoms with Crippen LogP contribution in [-0.2, 0) is 4.74 Å². The molecular formula is C9H17NO. The van der Waals surface area contributed by atoms with Gasteiger partial charge in [0.25, 0.3) is 0 Å². The molecule has 1 unspecified atom stereocenters. The average Bonchev–Trinajstić information content (AvgIpc) is 2.48. The second-order valence-electron chi connectivity index (χ2n) is 2.99. The average molecular weight is 155 g/mol. The van der Waals surface area contributed by atoms with Crippen molar-refractivity contribution in [3.8, 4) is 0 Å². The van der Waals surface area contributed by atoms with Gasteiger partial charge in [-0.3, -0.25) is 4.99 Å². The normalized spacial score (nSPS) is 23.1. The molecule has 0 aromatic carbocycles. The van der Waals surface area contributed by atoms with Crippen LogP contribution in [0, 0.1) is 0 Å². The van der Waals surface area contributed by atoms with E-state index in [1.165, 1.54) is 12.8 Å². The molecule has 1 aliphatic rings. The second-order valence-corrected chi connectivity index (χ2v) is 2.99. The summed E-state index contributed by atoms with van der Waals surface area (Å²) in [6, 6.07) is 0. The first-order valence-electron chi connectivity index (χ1n) is 4.56. The minimum atomic E-state index is 0.377. The van der Waals surface area contributed by atoms with Gasteiger partial charge >= 0.3 is 0 Å². The van der Waals surface area contributed by atoms with E-state index in [4.69, 9.17) is 4.74 Å². The molecule has 0 bridgehead atoms. The van der Waals surface area contributed by atoms with Crippen molar-refractivity contribution in [1.82, 2.24) is 0 Å². The molecule has 64 valence electrons. The Morgan fingerprint density at radius 1 is 1.55 bits per heavy atom. The minimum absolute atomic E-state index is 0.377. The Hall–Kier alpha value is -0.530. The highest BCUT2D eigenvalue weighted by atomic mass is 16.5. The number of hydrogen-bond donors (Lipinski definition) is 0. The van der Waals surface area contributed by atoms with E-state index in [-0.39, 0.29) is 0 Å². The Morgan fingerprint density at radius 3 is 2.91 bits per heavy atom. The van der Waals surface area contributed by atoms with E-state index in [1.807, 2.05) is 0 Å². The predicted molar refractivity (Wildman–Crippen MR) is 47.0 cm³/mol. The fraction of sp³-hybridized carbons (Fsp3) is 0.889. The van der Waals surface area contributed by atoms with Crippen LogP contribution < -0.4 is 0 Å². The summed E-state index contributed by atoms with van der Waals surface area (Å²) in [6.07, 6.45) is 4.92. The minimum Gasteiger partial charge on any atom is -0.476 e. The molecule has 0 amide bonds. The van der Waals surface area contributed by atoms with Crippen molar-refractivity contribution in [1.29, 1.82) is 0 Å². The molecule has 1 rings (SSSR count). The highest BCUT2D eigenvalue weighted by Gasteiger charge is 2.16. The molecule has 1 aliphatic heterocycles. The summed E-state index contributed by atoms with van der Waals surface area (Å²) in [5.74, 6) is 0.985. The van der Waals surface area contributed by atoms with Crippen LogP contribution in [0.1, 0.15) is 39.5 Å². The van der Waals surface area contributed by atoms with Crippen LogP contribution in [0.5, 0.6) is 0 Å². The molecule has 0 aromatic rings. The molecule has 0 saturated carbocycles. The van der Waals surface area contributed by atoms with Gasteiger partial charge in [0.05, 0.1) is 6.54 Å². The first-order valence-corrected chi connectivity index (χ1v) is 4.56. The van der Waals surface area contributed by atoms with Gasteiger partial charge in [-0.15, -0.1) is 0 Å². The van der Waals surface area contributed by atoms with Crippen molar-refractivity contribution < 1.29 is 4.74 Å². The molecule has 1 heterocycles. The second kappa shape index (κ2) is 4.37. The summed E-state index contributed by atoms with van der Waals surface area (Å²) in [5, 5.41) is 0. The number of hydrogen-bond acceptors (Lipinski definition) is 2. The van der Waals surface area contributed by atoms with Crippen LogP contribution >= 0.6 is 0 Å². The van der Waals surface area contributed by atoms with Gasteiger partial charge < -0.3 is 4.74 Å². The zero-order valence-corrected chi connectivity index (χ0v) is 7.47. The van der Waals surface area contributed by atoms with Crippen molar-refractivity contribution >= 4 is 5.90 Å². The largest absolute Gasteiger partial charge is 0.476 e. The van der Waals surface area contributed by atoms with Gasteiger partial charge in [0.2, 0.25) is 0 Å². The third-order valence-electron chi connectivity index (χ3n) is 1.97. The van der Waals surface area contributed by atoms with Crippen LogP contribution in [0.25, 0.3) is 0 Å². The zero-order chi connectivity index (χ0) is 8.10. The van der Waals surface area contributed by atoms with Crippen LogP contribution in [-0.4, -0.2) is 18.5 Å². The van der Waals surface area contributed by atoms with E-state index in [0.717, 1.165) is 25.3 Å². The third-order valence-corrected chi connectivity index (χ3v) is 1.97. The van der Waals surface area contributed by atoms with Crippen molar-refractivity contribution in [2.24, 2.45) is 4.99 Å². The van der Waals surface area contributed by atoms with Gasteiger partial charge in [-0.1, -0.05) is 20.3 Å². The topological polar surface area (TPSA) is 21.6 Å². The van der Waals surface area contributed by atoms with E-state index in [2.05, 4.69) is 18.8 Å². The van der Waals surface area contributed by atoms with Gasteiger partial charge in [0, 0.05) is 6.42 Å². The first-order chi connectivity index (χ1) is 5.36. The summed E-state index contributed by atoms with van der Waals surface area (Å²) < 4.78 is 5.56. The summed E-state index contributed by atoms with van der Waals surface area (Å²) in [6.45, 7) is 5.21. The van der Waals surface area contributed by atoms with Crippen LogP contribution in [0.2, 0.25) is 0 Å². The SMILES string of the molecule is CCCCC1=NCC(CC)O1. The Balaban J connectivity index is 2.17. The fourth-order valence-electron chi connectivity index (χ4n) is 1.15. The van der Waals surface area contributed by atoms with Gasteiger partial charge in [0.1, 0.15) is 6.10 Å². The lowest BCUT2D eigenvalue weighted by Crippen LogP contribution is -2.10. The standard InChI is InChI=1S/C9H17NO/c1-3-5-6-9-10-7-8(4-2)11-9/h8H,3-7H2,1-2H3. The van der Waals surface area contributed by atoms with Gasteiger partial charge in [-0.25, -0.2) is 0 Å². The van der Waals surface area contributed by atoms with E-state index >= 15 is 0 Å². The molecule has 0 spiro atoms. The molecule has 11 heavy (non-hydrogen) atoms. The monoisotopic (exact) mass is 155 g/mol. The molecule has 0 saturated heterocycles. The van der Waals surface area contributed by atoms with Crippen molar-refractivity contribution in [2.45, 2.75) is 45.6 Å².